The molecule has 0 bridgehead atoms. The zero-order valence-corrected chi connectivity index (χ0v) is 9.63. The maximum atomic E-state index is 10.8. The smallest absolute Gasteiger partial charge is 0.333 e. The van der Waals surface area contributed by atoms with Crippen LogP contribution in [0.5, 0.6) is 0 Å². The number of hydrogen-bond acceptors (Lipinski definition) is 2. The first kappa shape index (κ1) is 13.0. The summed E-state index contributed by atoms with van der Waals surface area (Å²) in [6.07, 6.45) is 4.24. The Hall–Kier alpha value is -0.990. The largest absolute Gasteiger partial charge is 0.478 e. The number of rotatable bonds is 6. The second kappa shape index (κ2) is 6.46. The summed E-state index contributed by atoms with van der Waals surface area (Å²) in [4.78, 5) is 12.7. The Bertz CT molecular complexity index is 219. The normalized spacial score (nSPS) is 12.3. The van der Waals surface area contributed by atoms with Gasteiger partial charge in [-0.15, -0.1) is 0 Å². The molecule has 82 valence electrons. The first-order valence-electron chi connectivity index (χ1n) is 5.11. The van der Waals surface area contributed by atoms with E-state index in [0.29, 0.717) is 5.57 Å². The summed E-state index contributed by atoms with van der Waals surface area (Å²) >= 11 is 0. The lowest BCUT2D eigenvalue weighted by Gasteiger charge is -2.19. The van der Waals surface area contributed by atoms with Gasteiger partial charge in [-0.05, 0) is 19.8 Å². The van der Waals surface area contributed by atoms with Crippen molar-refractivity contribution < 1.29 is 9.90 Å². The first-order chi connectivity index (χ1) is 6.50. The molecule has 0 aromatic carbocycles. The molecule has 0 rings (SSSR count). The quantitative estimate of drug-likeness (QED) is 0.528. The predicted octanol–water partition coefficient (Wildman–Crippen LogP) is 2.49. The van der Waals surface area contributed by atoms with Gasteiger partial charge in [-0.3, -0.25) is 0 Å². The Morgan fingerprint density at radius 3 is 2.21 bits per heavy atom. The summed E-state index contributed by atoms with van der Waals surface area (Å²) in [6, 6.07) is 0. The van der Waals surface area contributed by atoms with Crippen molar-refractivity contribution in [1.29, 1.82) is 0 Å². The summed E-state index contributed by atoms with van der Waals surface area (Å²) < 4.78 is 0. The van der Waals surface area contributed by atoms with Gasteiger partial charge in [-0.2, -0.15) is 0 Å². The summed E-state index contributed by atoms with van der Waals surface area (Å²) in [5, 5.41) is 8.87. The zero-order valence-electron chi connectivity index (χ0n) is 9.63. The van der Waals surface area contributed by atoms with Crippen molar-refractivity contribution in [1.82, 2.24) is 4.90 Å². The van der Waals surface area contributed by atoms with Crippen LogP contribution in [-0.2, 0) is 4.79 Å². The molecule has 1 N–H and O–H groups in total. The van der Waals surface area contributed by atoms with E-state index in [1.165, 1.54) is 0 Å². The number of aliphatic carboxylic acids is 1. The van der Waals surface area contributed by atoms with Gasteiger partial charge in [0.15, 0.2) is 0 Å². The van der Waals surface area contributed by atoms with Crippen molar-refractivity contribution in [2.24, 2.45) is 0 Å². The molecular weight excluding hydrogens is 178 g/mol. The van der Waals surface area contributed by atoms with Crippen LogP contribution in [-0.4, -0.2) is 30.1 Å². The van der Waals surface area contributed by atoms with Crippen LogP contribution in [0.15, 0.2) is 11.3 Å². The van der Waals surface area contributed by atoms with E-state index in [9.17, 15) is 4.79 Å². The van der Waals surface area contributed by atoms with Gasteiger partial charge in [0.1, 0.15) is 0 Å². The van der Waals surface area contributed by atoms with Crippen molar-refractivity contribution in [3.63, 3.8) is 0 Å². The van der Waals surface area contributed by atoms with Crippen LogP contribution in [0.25, 0.3) is 0 Å². The Morgan fingerprint density at radius 2 is 1.86 bits per heavy atom. The van der Waals surface area contributed by atoms with Crippen LogP contribution in [0.3, 0.4) is 0 Å². The summed E-state index contributed by atoms with van der Waals surface area (Å²) in [6.45, 7) is 3.81. The lowest BCUT2D eigenvalue weighted by Crippen LogP contribution is -2.16. The molecule has 0 fully saturated rings. The number of carboxylic acids is 1. The lowest BCUT2D eigenvalue weighted by atomic mass is 10.1. The molecule has 0 spiro atoms. The Labute approximate surface area is 86.4 Å². The van der Waals surface area contributed by atoms with E-state index < -0.39 is 5.97 Å². The van der Waals surface area contributed by atoms with Crippen LogP contribution in [0.2, 0.25) is 0 Å². The fourth-order valence-electron chi connectivity index (χ4n) is 1.41. The average Bonchev–Trinajstić information content (AvgIpc) is 2.10. The molecule has 3 heteroatoms. The molecule has 0 atom stereocenters. The highest BCUT2D eigenvalue weighted by Gasteiger charge is 2.10. The zero-order chi connectivity index (χ0) is 11.1. The van der Waals surface area contributed by atoms with Gasteiger partial charge >= 0.3 is 5.97 Å². The average molecular weight is 199 g/mol. The van der Waals surface area contributed by atoms with Crippen molar-refractivity contribution >= 4 is 5.97 Å². The topological polar surface area (TPSA) is 40.5 Å². The summed E-state index contributed by atoms with van der Waals surface area (Å²) in [5.41, 5.74) is 1.40. The summed E-state index contributed by atoms with van der Waals surface area (Å²) in [7, 11) is 3.79. The minimum absolute atomic E-state index is 0.464. The number of unbranched alkanes of at least 4 members (excludes halogenated alkanes) is 2. The van der Waals surface area contributed by atoms with E-state index in [4.69, 9.17) is 5.11 Å². The molecule has 0 aromatic rings. The molecule has 0 saturated heterocycles. The van der Waals surface area contributed by atoms with Gasteiger partial charge in [-0.1, -0.05) is 19.8 Å². The monoisotopic (exact) mass is 199 g/mol. The third kappa shape index (κ3) is 4.30. The number of hydrogen-bond donors (Lipinski definition) is 1. The molecule has 0 saturated carbocycles. The van der Waals surface area contributed by atoms with Crippen LogP contribution in [0.1, 0.15) is 39.5 Å². The second-order valence-electron chi connectivity index (χ2n) is 3.73. The third-order valence-electron chi connectivity index (χ3n) is 2.31. The van der Waals surface area contributed by atoms with Gasteiger partial charge in [0.25, 0.3) is 0 Å². The molecular formula is C11H21NO2. The van der Waals surface area contributed by atoms with Gasteiger partial charge in [0.05, 0.1) is 5.57 Å². The minimum Gasteiger partial charge on any atom is -0.478 e. The van der Waals surface area contributed by atoms with Crippen molar-refractivity contribution in [3.8, 4) is 0 Å². The number of nitrogens with zero attached hydrogens (tertiary/aromatic N) is 1. The Morgan fingerprint density at radius 1 is 1.29 bits per heavy atom. The fourth-order valence-corrected chi connectivity index (χ4v) is 1.41. The van der Waals surface area contributed by atoms with Crippen LogP contribution >= 0.6 is 0 Å². The molecule has 3 nitrogen and oxygen atoms in total. The number of carboxylic acid groups (broad SMARTS) is 1. The molecule has 0 heterocycles. The minimum atomic E-state index is -0.815. The Kier molecular flexibility index (Phi) is 6.00. The number of allylic oxidation sites excluding steroid dienone is 1. The van der Waals surface area contributed by atoms with E-state index in [0.717, 1.165) is 31.4 Å². The molecule has 0 amide bonds. The molecule has 0 aromatic heterocycles. The van der Waals surface area contributed by atoms with E-state index in [-0.39, 0.29) is 0 Å². The highest BCUT2D eigenvalue weighted by molar-refractivity contribution is 5.86. The van der Waals surface area contributed by atoms with Gasteiger partial charge in [0, 0.05) is 19.8 Å². The van der Waals surface area contributed by atoms with Gasteiger partial charge in [-0.25, -0.2) is 4.79 Å². The molecule has 0 aliphatic rings. The lowest BCUT2D eigenvalue weighted by molar-refractivity contribution is -0.132. The standard InChI is InChI=1S/C11H21NO2/c1-5-6-7-8-10(12(3)4)9(2)11(13)14/h5-8H2,1-4H3,(H,13,14)/b10-9+. The highest BCUT2D eigenvalue weighted by atomic mass is 16.4. The van der Waals surface area contributed by atoms with E-state index in [1.54, 1.807) is 6.92 Å². The Balaban J connectivity index is 4.44. The third-order valence-corrected chi connectivity index (χ3v) is 2.31. The van der Waals surface area contributed by atoms with Crippen LogP contribution in [0.4, 0.5) is 0 Å². The number of carbonyl (C=O) groups is 1. The molecule has 0 unspecified atom stereocenters. The SMILES string of the molecule is CCCCC/C(=C(/C)C(=O)O)N(C)C. The van der Waals surface area contributed by atoms with Gasteiger partial charge in [0.2, 0.25) is 0 Å². The molecule has 0 radical (unpaired) electrons. The van der Waals surface area contributed by atoms with E-state index in [2.05, 4.69) is 6.92 Å². The molecule has 0 aliphatic carbocycles. The van der Waals surface area contributed by atoms with Crippen molar-refractivity contribution in [3.05, 3.63) is 11.3 Å². The maximum absolute atomic E-state index is 10.8. The summed E-state index contributed by atoms with van der Waals surface area (Å²) in [5.74, 6) is -0.815. The van der Waals surface area contributed by atoms with Crippen molar-refractivity contribution in [2.45, 2.75) is 39.5 Å². The van der Waals surface area contributed by atoms with Crippen LogP contribution < -0.4 is 0 Å². The van der Waals surface area contributed by atoms with Gasteiger partial charge < -0.3 is 10.0 Å². The molecule has 14 heavy (non-hydrogen) atoms. The maximum Gasteiger partial charge on any atom is 0.333 e. The predicted molar refractivity (Wildman–Crippen MR) is 58.2 cm³/mol. The first-order valence-corrected chi connectivity index (χ1v) is 5.11. The van der Waals surface area contributed by atoms with Crippen LogP contribution in [0, 0.1) is 0 Å². The van der Waals surface area contributed by atoms with E-state index >= 15 is 0 Å². The second-order valence-corrected chi connectivity index (χ2v) is 3.73. The fraction of sp³-hybridized carbons (Fsp3) is 0.727. The van der Waals surface area contributed by atoms with Crippen molar-refractivity contribution in [2.75, 3.05) is 14.1 Å². The molecule has 0 aliphatic heterocycles. The highest BCUT2D eigenvalue weighted by Crippen LogP contribution is 2.15. The van der Waals surface area contributed by atoms with E-state index in [1.807, 2.05) is 19.0 Å².